The zero-order valence-corrected chi connectivity index (χ0v) is 10.1. The molecule has 0 aromatic heterocycles. The fraction of sp³-hybridized carbons (Fsp3) is 0.462. The van der Waals surface area contributed by atoms with Crippen molar-refractivity contribution in [1.29, 1.82) is 0 Å². The maximum absolute atomic E-state index is 11.9. The smallest absolute Gasteiger partial charge is 0.318 e. The maximum atomic E-state index is 11.9. The standard InChI is InChI=1S/C13H18N2O/c1-13(2,3)14-12(16)15-8-10-6-4-5-7-11(10)9-15/h4-7H,8-9H2,1-3H3,(H,14,16). The maximum Gasteiger partial charge on any atom is 0.318 e. The third kappa shape index (κ3) is 2.35. The van der Waals surface area contributed by atoms with Crippen molar-refractivity contribution < 1.29 is 4.79 Å². The van der Waals surface area contributed by atoms with Gasteiger partial charge in [0, 0.05) is 18.6 Å². The summed E-state index contributed by atoms with van der Waals surface area (Å²) in [5, 5.41) is 2.98. The molecule has 2 rings (SSSR count). The summed E-state index contributed by atoms with van der Waals surface area (Å²) in [6.07, 6.45) is 0. The van der Waals surface area contributed by atoms with Gasteiger partial charge in [-0.05, 0) is 31.9 Å². The van der Waals surface area contributed by atoms with Crippen molar-refractivity contribution in [3.05, 3.63) is 35.4 Å². The number of hydrogen-bond donors (Lipinski definition) is 1. The molecule has 0 spiro atoms. The van der Waals surface area contributed by atoms with Crippen LogP contribution in [0.25, 0.3) is 0 Å². The Morgan fingerprint density at radius 3 is 2.12 bits per heavy atom. The lowest BCUT2D eigenvalue weighted by Crippen LogP contribution is -2.46. The van der Waals surface area contributed by atoms with Crippen LogP contribution in [-0.4, -0.2) is 16.5 Å². The first-order chi connectivity index (χ1) is 7.46. The second-order valence-corrected chi connectivity index (χ2v) is 5.30. The Hall–Kier alpha value is -1.51. The lowest BCUT2D eigenvalue weighted by atomic mass is 10.1. The molecular formula is C13H18N2O. The third-order valence-corrected chi connectivity index (χ3v) is 2.61. The number of nitrogens with zero attached hydrogens (tertiary/aromatic N) is 1. The number of fused-ring (bicyclic) bond motifs is 1. The number of benzene rings is 1. The third-order valence-electron chi connectivity index (χ3n) is 2.61. The minimum absolute atomic E-state index is 0.0173. The average molecular weight is 218 g/mol. The Labute approximate surface area is 96.5 Å². The minimum atomic E-state index is -0.175. The molecule has 0 atom stereocenters. The molecule has 3 nitrogen and oxygen atoms in total. The summed E-state index contributed by atoms with van der Waals surface area (Å²) in [4.78, 5) is 13.8. The zero-order chi connectivity index (χ0) is 11.8. The van der Waals surface area contributed by atoms with Gasteiger partial charge in [0.1, 0.15) is 0 Å². The molecule has 2 amide bonds. The van der Waals surface area contributed by atoms with E-state index in [9.17, 15) is 4.79 Å². The van der Waals surface area contributed by atoms with Crippen LogP contribution in [0.3, 0.4) is 0 Å². The first-order valence-corrected chi connectivity index (χ1v) is 5.59. The Morgan fingerprint density at radius 2 is 1.69 bits per heavy atom. The molecule has 0 saturated heterocycles. The number of urea groups is 1. The molecule has 1 aliphatic heterocycles. The van der Waals surface area contributed by atoms with Crippen molar-refractivity contribution >= 4 is 6.03 Å². The van der Waals surface area contributed by atoms with Crippen LogP contribution in [0.2, 0.25) is 0 Å². The van der Waals surface area contributed by atoms with E-state index in [1.54, 1.807) is 0 Å². The number of amides is 2. The van der Waals surface area contributed by atoms with Crippen molar-refractivity contribution in [2.45, 2.75) is 39.4 Å². The number of rotatable bonds is 0. The van der Waals surface area contributed by atoms with Gasteiger partial charge in [-0.15, -0.1) is 0 Å². The highest BCUT2D eigenvalue weighted by atomic mass is 16.2. The summed E-state index contributed by atoms with van der Waals surface area (Å²) in [7, 11) is 0. The second-order valence-electron chi connectivity index (χ2n) is 5.30. The highest BCUT2D eigenvalue weighted by Gasteiger charge is 2.25. The van der Waals surface area contributed by atoms with Crippen molar-refractivity contribution in [2.24, 2.45) is 0 Å². The molecule has 1 aromatic rings. The highest BCUT2D eigenvalue weighted by molar-refractivity contribution is 5.75. The molecule has 0 saturated carbocycles. The molecule has 1 aliphatic rings. The summed E-state index contributed by atoms with van der Waals surface area (Å²) in [5.74, 6) is 0. The van der Waals surface area contributed by atoms with Gasteiger partial charge in [-0.3, -0.25) is 0 Å². The summed E-state index contributed by atoms with van der Waals surface area (Å²) >= 11 is 0. The van der Waals surface area contributed by atoms with Gasteiger partial charge in [0.25, 0.3) is 0 Å². The van der Waals surface area contributed by atoms with E-state index >= 15 is 0 Å². The highest BCUT2D eigenvalue weighted by Crippen LogP contribution is 2.22. The van der Waals surface area contributed by atoms with Crippen LogP contribution in [0, 0.1) is 0 Å². The minimum Gasteiger partial charge on any atom is -0.333 e. The summed E-state index contributed by atoms with van der Waals surface area (Å²) in [6.45, 7) is 7.42. The number of carbonyl (C=O) groups is 1. The molecule has 1 aromatic carbocycles. The number of hydrogen-bond acceptors (Lipinski definition) is 1. The SMILES string of the molecule is CC(C)(C)NC(=O)N1Cc2ccccc2C1. The van der Waals surface area contributed by atoms with E-state index in [2.05, 4.69) is 17.4 Å². The lowest BCUT2D eigenvalue weighted by Gasteiger charge is -2.25. The van der Waals surface area contributed by atoms with Gasteiger partial charge in [0.2, 0.25) is 0 Å². The van der Waals surface area contributed by atoms with Crippen molar-refractivity contribution in [3.8, 4) is 0 Å². The molecule has 1 N–H and O–H groups in total. The van der Waals surface area contributed by atoms with E-state index in [1.165, 1.54) is 11.1 Å². The molecule has 16 heavy (non-hydrogen) atoms. The summed E-state index contributed by atoms with van der Waals surface area (Å²) in [5.41, 5.74) is 2.34. The van der Waals surface area contributed by atoms with Crippen LogP contribution >= 0.6 is 0 Å². The van der Waals surface area contributed by atoms with Crippen LogP contribution in [0.1, 0.15) is 31.9 Å². The van der Waals surface area contributed by atoms with E-state index in [0.29, 0.717) is 0 Å². The van der Waals surface area contributed by atoms with Gasteiger partial charge in [-0.25, -0.2) is 4.79 Å². The second kappa shape index (κ2) is 3.81. The monoisotopic (exact) mass is 218 g/mol. The number of nitrogens with one attached hydrogen (secondary N) is 1. The Kier molecular flexibility index (Phi) is 2.62. The van der Waals surface area contributed by atoms with E-state index < -0.39 is 0 Å². The van der Waals surface area contributed by atoms with Crippen LogP contribution < -0.4 is 5.32 Å². The first-order valence-electron chi connectivity index (χ1n) is 5.59. The molecule has 0 bridgehead atoms. The van der Waals surface area contributed by atoms with Crippen LogP contribution in [0.15, 0.2) is 24.3 Å². The van der Waals surface area contributed by atoms with Gasteiger partial charge in [-0.2, -0.15) is 0 Å². The normalized spacial score (nSPS) is 14.8. The topological polar surface area (TPSA) is 32.3 Å². The molecule has 1 heterocycles. The van der Waals surface area contributed by atoms with Crippen molar-refractivity contribution in [2.75, 3.05) is 0 Å². The van der Waals surface area contributed by atoms with E-state index in [0.717, 1.165) is 13.1 Å². The van der Waals surface area contributed by atoms with Gasteiger partial charge in [-0.1, -0.05) is 24.3 Å². The summed E-state index contributed by atoms with van der Waals surface area (Å²) in [6, 6.07) is 8.22. The Morgan fingerprint density at radius 1 is 1.19 bits per heavy atom. The fourth-order valence-corrected chi connectivity index (χ4v) is 1.88. The van der Waals surface area contributed by atoms with Gasteiger partial charge >= 0.3 is 6.03 Å². The van der Waals surface area contributed by atoms with Crippen LogP contribution in [0.5, 0.6) is 0 Å². The van der Waals surface area contributed by atoms with Crippen LogP contribution in [-0.2, 0) is 13.1 Å². The van der Waals surface area contributed by atoms with Crippen molar-refractivity contribution in [3.63, 3.8) is 0 Å². The predicted molar refractivity (Wildman–Crippen MR) is 64.0 cm³/mol. The molecule has 0 radical (unpaired) electrons. The lowest BCUT2D eigenvalue weighted by molar-refractivity contribution is 0.189. The van der Waals surface area contributed by atoms with Gasteiger partial charge in [0.05, 0.1) is 0 Å². The molecule has 3 heteroatoms. The van der Waals surface area contributed by atoms with Gasteiger partial charge in [0.15, 0.2) is 0 Å². The zero-order valence-electron chi connectivity index (χ0n) is 10.1. The summed E-state index contributed by atoms with van der Waals surface area (Å²) < 4.78 is 0. The Bertz CT molecular complexity index is 382. The predicted octanol–water partition coefficient (Wildman–Crippen LogP) is 2.51. The fourth-order valence-electron chi connectivity index (χ4n) is 1.88. The van der Waals surface area contributed by atoms with E-state index in [-0.39, 0.29) is 11.6 Å². The molecule has 86 valence electrons. The average Bonchev–Trinajstić information content (AvgIpc) is 2.58. The van der Waals surface area contributed by atoms with E-state index in [4.69, 9.17) is 0 Å². The number of carbonyl (C=O) groups excluding carboxylic acids is 1. The largest absolute Gasteiger partial charge is 0.333 e. The van der Waals surface area contributed by atoms with Crippen LogP contribution in [0.4, 0.5) is 4.79 Å². The van der Waals surface area contributed by atoms with E-state index in [1.807, 2.05) is 37.8 Å². The molecular weight excluding hydrogens is 200 g/mol. The van der Waals surface area contributed by atoms with Crippen molar-refractivity contribution in [1.82, 2.24) is 10.2 Å². The molecule has 0 fully saturated rings. The molecule has 0 unspecified atom stereocenters. The van der Waals surface area contributed by atoms with Gasteiger partial charge < -0.3 is 10.2 Å². The quantitative estimate of drug-likeness (QED) is 0.713. The Balaban J connectivity index is 2.04. The first kappa shape index (κ1) is 11.0. The molecule has 0 aliphatic carbocycles.